The molecule has 0 aliphatic heterocycles. The molecule has 472 valence electrons. The van der Waals surface area contributed by atoms with Gasteiger partial charge in [-0.2, -0.15) is 0 Å². The van der Waals surface area contributed by atoms with Crippen molar-refractivity contribution in [3.05, 3.63) is 354 Å². The minimum absolute atomic E-state index is 0.231. The summed E-state index contributed by atoms with van der Waals surface area (Å²) in [5, 5.41) is 0. The Balaban J connectivity index is 0.755. The molecule has 4 heteroatoms. The zero-order chi connectivity index (χ0) is 68.2. The van der Waals surface area contributed by atoms with Crippen LogP contribution in [0.15, 0.2) is 243 Å². The molecule has 4 nitrogen and oxygen atoms in total. The summed E-state index contributed by atoms with van der Waals surface area (Å²) in [6.45, 7) is 0.925. The normalized spacial score (nSPS) is 11.6. The molecule has 0 saturated heterocycles. The summed E-state index contributed by atoms with van der Waals surface area (Å²) >= 11 is 0. The van der Waals surface area contributed by atoms with Crippen molar-refractivity contribution in [3.8, 4) is 164 Å². The summed E-state index contributed by atoms with van der Waals surface area (Å²) < 4.78 is 23.1. The fraction of sp³-hybridized carbons (Fsp3) is 0.0928. The highest BCUT2D eigenvalue weighted by Gasteiger charge is 2.39. The maximum absolute atomic E-state index is 5.77. The maximum Gasteiger partial charge on any atom is 0.148 e. The molecule has 0 fully saturated rings. The van der Waals surface area contributed by atoms with Crippen LogP contribution in [-0.4, -0.2) is 26.4 Å². The number of terminal acetylenes is 4. The summed E-state index contributed by atoms with van der Waals surface area (Å²) in [5.74, 6) is 41.5. The van der Waals surface area contributed by atoms with E-state index in [1.807, 2.05) is 24.3 Å². The second-order valence-electron chi connectivity index (χ2n) is 25.5. The molecule has 12 aromatic rings. The Morgan fingerprint density at radius 3 is 0.604 bits per heavy atom. The van der Waals surface area contributed by atoms with Crippen LogP contribution in [0.1, 0.15) is 111 Å². The minimum atomic E-state index is -0.862. The molecular formula is C97H60O4. The third-order valence-electron chi connectivity index (χ3n) is 19.4. The number of fused-ring (bicyclic) bond motifs is 12. The predicted molar refractivity (Wildman–Crippen MR) is 405 cm³/mol. The number of rotatable bonds is 12. The third kappa shape index (κ3) is 12.4. The number of hydrogen-bond acceptors (Lipinski definition) is 4. The van der Waals surface area contributed by atoms with E-state index in [0.717, 1.165) is 115 Å². The SMILES string of the molecule is C#CCOc1ccc2c(c1)Cc1cc(C#Cc3ccc(C(c4ccc(C#Cc5ccc6c(c5)Cc5cc(OCC#C)ccc5-6)cc4)(c4ccc(C#Cc5ccc6c(c5)Cc5cc(OCC#C)ccc5-6)cc4)c4ccc(C#Cc5ccc6c(c5)Cc5cc(OCC#C)ccc5-6)cc4)cc3)ccc1-2. The van der Waals surface area contributed by atoms with Gasteiger partial charge in [0.15, 0.2) is 0 Å². The van der Waals surface area contributed by atoms with Crippen LogP contribution in [0.4, 0.5) is 0 Å². The summed E-state index contributed by atoms with van der Waals surface area (Å²) in [6, 6.07) is 85.7. The van der Waals surface area contributed by atoms with Crippen LogP contribution in [0.3, 0.4) is 0 Å². The van der Waals surface area contributed by atoms with E-state index < -0.39 is 5.41 Å². The second kappa shape index (κ2) is 27.1. The van der Waals surface area contributed by atoms with Gasteiger partial charge in [0.2, 0.25) is 0 Å². The Bertz CT molecular complexity index is 5100. The Morgan fingerprint density at radius 1 is 0.218 bits per heavy atom. The van der Waals surface area contributed by atoms with Crippen molar-refractivity contribution in [2.45, 2.75) is 31.1 Å². The van der Waals surface area contributed by atoms with Crippen molar-refractivity contribution in [1.29, 1.82) is 0 Å². The van der Waals surface area contributed by atoms with E-state index in [1.54, 1.807) is 0 Å². The average molecular weight is 1290 g/mol. The maximum atomic E-state index is 5.77. The highest BCUT2D eigenvalue weighted by Crippen LogP contribution is 2.47. The Kier molecular flexibility index (Phi) is 16.7. The fourth-order valence-corrected chi connectivity index (χ4v) is 14.7. The topological polar surface area (TPSA) is 36.9 Å². The van der Waals surface area contributed by atoms with Gasteiger partial charge in [0, 0.05) is 44.5 Å². The van der Waals surface area contributed by atoms with Crippen molar-refractivity contribution in [2.75, 3.05) is 26.4 Å². The lowest BCUT2D eigenvalue weighted by molar-refractivity contribution is 0.370. The number of benzene rings is 12. The van der Waals surface area contributed by atoms with Gasteiger partial charge < -0.3 is 18.9 Å². The van der Waals surface area contributed by atoms with Gasteiger partial charge in [-0.3, -0.25) is 0 Å². The van der Waals surface area contributed by atoms with E-state index in [2.05, 4.69) is 289 Å². The van der Waals surface area contributed by atoms with Gasteiger partial charge in [0.1, 0.15) is 49.4 Å². The summed E-state index contributed by atoms with van der Waals surface area (Å²) in [6.07, 6.45) is 25.2. The highest BCUT2D eigenvalue weighted by atomic mass is 16.5. The minimum Gasteiger partial charge on any atom is -0.481 e. The Hall–Kier alpha value is -13.7. The Morgan fingerprint density at radius 2 is 0.396 bits per heavy atom. The zero-order valence-corrected chi connectivity index (χ0v) is 55.2. The quantitative estimate of drug-likeness (QED) is 0.0902. The first-order valence-corrected chi connectivity index (χ1v) is 33.6. The largest absolute Gasteiger partial charge is 0.481 e. The van der Waals surface area contributed by atoms with Gasteiger partial charge in [0.05, 0.1) is 5.41 Å². The molecule has 0 aromatic heterocycles. The molecule has 0 unspecified atom stereocenters. The summed E-state index contributed by atoms with van der Waals surface area (Å²) in [4.78, 5) is 0. The molecule has 4 aliphatic carbocycles. The summed E-state index contributed by atoms with van der Waals surface area (Å²) in [7, 11) is 0. The Labute approximate surface area is 591 Å². The van der Waals surface area contributed by atoms with E-state index in [1.165, 1.54) is 89.0 Å². The first kappa shape index (κ1) is 62.1. The molecule has 0 heterocycles. The van der Waals surface area contributed by atoms with Crippen LogP contribution in [0, 0.1) is 96.7 Å². The fourth-order valence-electron chi connectivity index (χ4n) is 14.7. The van der Waals surface area contributed by atoms with Crippen LogP contribution >= 0.6 is 0 Å². The van der Waals surface area contributed by atoms with Crippen LogP contribution < -0.4 is 18.9 Å². The smallest absolute Gasteiger partial charge is 0.148 e. The van der Waals surface area contributed by atoms with Crippen LogP contribution in [0.2, 0.25) is 0 Å². The molecule has 16 rings (SSSR count). The van der Waals surface area contributed by atoms with Crippen molar-refractivity contribution < 1.29 is 18.9 Å². The van der Waals surface area contributed by atoms with E-state index in [4.69, 9.17) is 44.6 Å². The van der Waals surface area contributed by atoms with Crippen molar-refractivity contribution in [3.63, 3.8) is 0 Å². The predicted octanol–water partition coefficient (Wildman–Crippen LogP) is 18.0. The molecule has 101 heavy (non-hydrogen) atoms. The van der Waals surface area contributed by atoms with Crippen molar-refractivity contribution in [2.24, 2.45) is 0 Å². The van der Waals surface area contributed by atoms with Gasteiger partial charge in [-0.05, 0) is 283 Å². The molecule has 0 atom stereocenters. The average Bonchev–Trinajstić information content (AvgIpc) is 1.73. The molecule has 0 amide bonds. The van der Waals surface area contributed by atoms with Crippen molar-refractivity contribution in [1.82, 2.24) is 0 Å². The highest BCUT2D eigenvalue weighted by molar-refractivity contribution is 5.82. The molecule has 0 saturated carbocycles. The van der Waals surface area contributed by atoms with Gasteiger partial charge in [-0.1, -0.05) is 168 Å². The second-order valence-corrected chi connectivity index (χ2v) is 25.5. The van der Waals surface area contributed by atoms with Crippen LogP contribution in [0.5, 0.6) is 23.0 Å². The molecule has 0 spiro atoms. The number of ether oxygens (including phenoxy) is 4. The zero-order valence-electron chi connectivity index (χ0n) is 55.2. The lowest BCUT2D eigenvalue weighted by atomic mass is 9.65. The first-order chi connectivity index (χ1) is 49.7. The van der Waals surface area contributed by atoms with Crippen molar-refractivity contribution >= 4 is 0 Å². The molecule has 4 aliphatic rings. The molecule has 12 aromatic carbocycles. The lowest BCUT2D eigenvalue weighted by Crippen LogP contribution is -2.31. The van der Waals surface area contributed by atoms with E-state index in [0.29, 0.717) is 0 Å². The molecule has 0 bridgehead atoms. The van der Waals surface area contributed by atoms with Gasteiger partial charge in [-0.15, -0.1) is 25.7 Å². The number of hydrogen-bond donors (Lipinski definition) is 0. The molecule has 0 radical (unpaired) electrons. The van der Waals surface area contributed by atoms with Gasteiger partial charge in [0.25, 0.3) is 0 Å². The molecule has 0 N–H and O–H groups in total. The van der Waals surface area contributed by atoms with E-state index in [-0.39, 0.29) is 26.4 Å². The molecular weight excluding hydrogens is 1230 g/mol. The van der Waals surface area contributed by atoms with Gasteiger partial charge in [-0.25, -0.2) is 0 Å². The van der Waals surface area contributed by atoms with E-state index >= 15 is 0 Å². The summed E-state index contributed by atoms with van der Waals surface area (Å²) in [5.41, 5.74) is 30.2. The first-order valence-electron chi connectivity index (χ1n) is 33.6. The standard InChI is InChI=1S/C97H60O4/c1-5-49-98-85-37-45-93-77(61-85)57-73-53-69(25-41-89(73)93)13-9-65-17-29-81(30-18-65)97(82-31-19-66(20-32-82)10-14-70-26-42-90-74(54-70)58-78-62-86(99-50-6-2)38-46-94(78)90,83-33-21-67(22-34-83)11-15-71-27-43-91-75(55-71)59-79-63-87(100-51-7-3)39-47-95(79)91)84-35-23-68(24-36-84)12-16-72-28-44-92-76(56-72)60-80-64-88(101-52-8-4)40-48-96(80)92/h1-4,17-48,53-56,61-64H,49-52,57-60H2. The monoisotopic (exact) mass is 1290 g/mol. The van der Waals surface area contributed by atoms with Gasteiger partial charge >= 0.3 is 0 Å². The van der Waals surface area contributed by atoms with E-state index in [9.17, 15) is 0 Å². The third-order valence-corrected chi connectivity index (χ3v) is 19.4. The van der Waals surface area contributed by atoms with Crippen LogP contribution in [-0.2, 0) is 31.1 Å². The lowest BCUT2D eigenvalue weighted by Gasteiger charge is -2.37. The van der Waals surface area contributed by atoms with Crippen LogP contribution in [0.25, 0.3) is 44.5 Å².